The third-order valence-electron chi connectivity index (χ3n) is 2.90. The van der Waals surface area contributed by atoms with Crippen LogP contribution in [-0.4, -0.2) is 29.4 Å². The van der Waals surface area contributed by atoms with Gasteiger partial charge in [-0.1, -0.05) is 23.2 Å². The van der Waals surface area contributed by atoms with Crippen LogP contribution in [0.25, 0.3) is 5.69 Å². The fourth-order valence-electron chi connectivity index (χ4n) is 1.79. The fraction of sp³-hybridized carbons (Fsp3) is 0.308. The van der Waals surface area contributed by atoms with Crippen molar-refractivity contribution in [1.29, 1.82) is 0 Å². The second-order valence-electron chi connectivity index (χ2n) is 4.70. The summed E-state index contributed by atoms with van der Waals surface area (Å²) in [5, 5.41) is 2.42. The number of alkyl halides is 7. The molecule has 0 fully saturated rings. The van der Waals surface area contributed by atoms with Crippen LogP contribution in [0.1, 0.15) is 5.56 Å². The molecule has 1 unspecified atom stereocenters. The van der Waals surface area contributed by atoms with Crippen LogP contribution in [0.2, 0.25) is 10.0 Å². The van der Waals surface area contributed by atoms with E-state index in [1.165, 1.54) is 0 Å². The number of rotatable bonds is 4. The lowest BCUT2D eigenvalue weighted by molar-refractivity contribution is -0.237. The van der Waals surface area contributed by atoms with Gasteiger partial charge in [0.05, 0.1) is 28.8 Å². The summed E-state index contributed by atoms with van der Waals surface area (Å²) < 4.78 is 97.9. The van der Waals surface area contributed by atoms with Gasteiger partial charge in [-0.15, -0.1) is 5.10 Å². The predicted octanol–water partition coefficient (Wildman–Crippen LogP) is 5.44. The van der Waals surface area contributed by atoms with Gasteiger partial charge in [-0.2, -0.15) is 35.4 Å². The molecule has 0 aliphatic heterocycles. The van der Waals surface area contributed by atoms with Crippen molar-refractivity contribution in [2.75, 3.05) is 7.11 Å². The summed E-state index contributed by atoms with van der Waals surface area (Å²) in [4.78, 5) is 0. The van der Waals surface area contributed by atoms with E-state index < -0.39 is 45.9 Å². The van der Waals surface area contributed by atoms with Gasteiger partial charge in [0, 0.05) is 0 Å². The van der Waals surface area contributed by atoms with Crippen LogP contribution in [0.4, 0.5) is 30.7 Å². The van der Waals surface area contributed by atoms with Crippen LogP contribution in [0.15, 0.2) is 18.2 Å². The summed E-state index contributed by atoms with van der Waals surface area (Å²) in [5.41, 5.74) is -1.65. The van der Waals surface area contributed by atoms with Crippen molar-refractivity contribution in [1.82, 2.24) is 9.78 Å². The van der Waals surface area contributed by atoms with Crippen LogP contribution in [0.5, 0.6) is 11.8 Å². The molecule has 1 atom stereocenters. The highest BCUT2D eigenvalue weighted by molar-refractivity contribution is 6.37. The molecule has 144 valence electrons. The zero-order valence-electron chi connectivity index (χ0n) is 12.4. The molecule has 13 heteroatoms. The number of nitrogens with zero attached hydrogens (tertiary/aromatic N) is 2. The number of aromatic nitrogens is 2. The summed E-state index contributed by atoms with van der Waals surface area (Å²) >= 11 is 11.5. The SMILES string of the molecule is COc1cc(OC(F)C(F)(F)F)n(-c2c(Cl)cc(C(F)(F)F)cc2Cl)n1. The smallest absolute Gasteiger partial charge is 0.457 e. The number of ether oxygens (including phenoxy) is 2. The van der Waals surface area contributed by atoms with E-state index in [9.17, 15) is 30.7 Å². The molecule has 1 heterocycles. The van der Waals surface area contributed by atoms with Crippen molar-refractivity contribution in [3.63, 3.8) is 0 Å². The first-order valence-corrected chi connectivity index (χ1v) is 7.18. The second-order valence-corrected chi connectivity index (χ2v) is 5.51. The van der Waals surface area contributed by atoms with Gasteiger partial charge in [-0.05, 0) is 12.1 Å². The second kappa shape index (κ2) is 7.03. The number of benzene rings is 1. The van der Waals surface area contributed by atoms with Crippen molar-refractivity contribution >= 4 is 23.2 Å². The molecule has 0 aliphatic carbocycles. The summed E-state index contributed by atoms with van der Waals surface area (Å²) in [6.07, 6.45) is -13.8. The molecule has 26 heavy (non-hydrogen) atoms. The molecule has 1 aromatic carbocycles. The number of hydrogen-bond donors (Lipinski definition) is 0. The van der Waals surface area contributed by atoms with Crippen molar-refractivity contribution in [3.05, 3.63) is 33.8 Å². The van der Waals surface area contributed by atoms with Gasteiger partial charge in [-0.3, -0.25) is 0 Å². The van der Waals surface area contributed by atoms with E-state index in [-0.39, 0.29) is 5.88 Å². The average Bonchev–Trinajstić information content (AvgIpc) is 2.87. The van der Waals surface area contributed by atoms with Crippen molar-refractivity contribution in [3.8, 4) is 17.4 Å². The topological polar surface area (TPSA) is 36.3 Å². The van der Waals surface area contributed by atoms with E-state index in [0.29, 0.717) is 16.8 Å². The van der Waals surface area contributed by atoms with Gasteiger partial charge in [0.25, 0.3) is 0 Å². The predicted molar refractivity (Wildman–Crippen MR) is 76.7 cm³/mol. The molecule has 0 radical (unpaired) electrons. The molecule has 0 N–H and O–H groups in total. The Kier molecular flexibility index (Phi) is 5.52. The lowest BCUT2D eigenvalue weighted by Crippen LogP contribution is -2.30. The maximum atomic E-state index is 13.2. The Hall–Kier alpha value is -1.88. The normalized spacial score (nSPS) is 13.6. The summed E-state index contributed by atoms with van der Waals surface area (Å²) in [6, 6.07) is 1.75. The Morgan fingerprint density at radius 3 is 2.00 bits per heavy atom. The Balaban J connectivity index is 2.57. The minimum absolute atomic E-state index is 0.318. The van der Waals surface area contributed by atoms with E-state index in [4.69, 9.17) is 27.9 Å². The highest BCUT2D eigenvalue weighted by Gasteiger charge is 2.43. The summed E-state index contributed by atoms with van der Waals surface area (Å²) in [6.45, 7) is 0. The lowest BCUT2D eigenvalue weighted by Gasteiger charge is -2.17. The first kappa shape index (κ1) is 20.4. The molecule has 2 aromatic rings. The molecular formula is C13H7Cl2F7N2O2. The quantitative estimate of drug-likeness (QED) is 0.610. The molecule has 0 saturated carbocycles. The third-order valence-corrected chi connectivity index (χ3v) is 3.48. The van der Waals surface area contributed by atoms with Gasteiger partial charge < -0.3 is 9.47 Å². The van der Waals surface area contributed by atoms with Crippen molar-refractivity contribution < 1.29 is 40.2 Å². The fourth-order valence-corrected chi connectivity index (χ4v) is 2.44. The highest BCUT2D eigenvalue weighted by Crippen LogP contribution is 2.39. The molecule has 2 rings (SSSR count). The van der Waals surface area contributed by atoms with Crippen LogP contribution >= 0.6 is 23.2 Å². The minimum Gasteiger partial charge on any atom is -0.480 e. The van der Waals surface area contributed by atoms with Crippen LogP contribution in [-0.2, 0) is 6.18 Å². The maximum Gasteiger partial charge on any atom is 0.457 e. The van der Waals surface area contributed by atoms with Crippen LogP contribution in [0, 0.1) is 0 Å². The maximum absolute atomic E-state index is 13.2. The monoisotopic (exact) mass is 426 g/mol. The Morgan fingerprint density at radius 1 is 1.04 bits per heavy atom. The van der Waals surface area contributed by atoms with Gasteiger partial charge >= 0.3 is 18.7 Å². The van der Waals surface area contributed by atoms with E-state index in [2.05, 4.69) is 9.84 Å². The average molecular weight is 427 g/mol. The Bertz CT molecular complexity index is 782. The highest BCUT2D eigenvalue weighted by atomic mass is 35.5. The van der Waals surface area contributed by atoms with E-state index in [0.717, 1.165) is 13.2 Å². The minimum atomic E-state index is -5.35. The van der Waals surface area contributed by atoms with Gasteiger partial charge in [-0.25, -0.2) is 0 Å². The number of hydrogen-bond acceptors (Lipinski definition) is 3. The molecular weight excluding hydrogens is 420 g/mol. The summed E-state index contributed by atoms with van der Waals surface area (Å²) in [7, 11) is 1.10. The van der Waals surface area contributed by atoms with Crippen molar-refractivity contribution in [2.45, 2.75) is 18.7 Å². The van der Waals surface area contributed by atoms with Gasteiger partial charge in [0.2, 0.25) is 11.8 Å². The summed E-state index contributed by atoms with van der Waals surface area (Å²) in [5.74, 6) is -1.16. The molecule has 0 spiro atoms. The first-order valence-electron chi connectivity index (χ1n) is 6.42. The lowest BCUT2D eigenvalue weighted by atomic mass is 10.2. The molecule has 4 nitrogen and oxygen atoms in total. The molecule has 0 aliphatic rings. The number of halogens is 9. The molecule has 0 saturated heterocycles. The van der Waals surface area contributed by atoms with Gasteiger partial charge in [0.1, 0.15) is 5.69 Å². The Labute approximate surface area is 151 Å². The van der Waals surface area contributed by atoms with Crippen molar-refractivity contribution in [2.24, 2.45) is 0 Å². The largest absolute Gasteiger partial charge is 0.480 e. The third kappa shape index (κ3) is 4.26. The van der Waals surface area contributed by atoms with E-state index in [1.54, 1.807) is 0 Å². The van der Waals surface area contributed by atoms with Gasteiger partial charge in [0.15, 0.2) is 0 Å². The van der Waals surface area contributed by atoms with Crippen LogP contribution in [0.3, 0.4) is 0 Å². The first-order chi connectivity index (χ1) is 11.8. The van der Waals surface area contributed by atoms with Crippen LogP contribution < -0.4 is 9.47 Å². The molecule has 1 aromatic heterocycles. The molecule has 0 amide bonds. The zero-order valence-corrected chi connectivity index (χ0v) is 13.9. The number of methoxy groups -OCH3 is 1. The zero-order chi connectivity index (χ0) is 19.9. The standard InChI is InChI=1S/C13H7Cl2F7N2O2/c1-25-8-4-9(26-11(16)13(20,21)22)24(23-8)10-6(14)2-5(3-7(10)15)12(17,18)19/h2-4,11H,1H3. The van der Waals surface area contributed by atoms with E-state index in [1.807, 2.05) is 0 Å². The van der Waals surface area contributed by atoms with E-state index >= 15 is 0 Å². The molecule has 0 bridgehead atoms. The Morgan fingerprint density at radius 2 is 1.58 bits per heavy atom.